The highest BCUT2D eigenvalue weighted by Crippen LogP contribution is 2.28. The molecule has 2 aromatic carbocycles. The normalized spacial score (nSPS) is 16.6. The van der Waals surface area contributed by atoms with Gasteiger partial charge in [-0.05, 0) is 48.0 Å². The minimum atomic E-state index is -3.71. The van der Waals surface area contributed by atoms with Gasteiger partial charge in [0.15, 0.2) is 0 Å². The average Bonchev–Trinajstić information content (AvgIpc) is 3.47. The molecule has 2 aliphatic heterocycles. The quantitative estimate of drug-likeness (QED) is 0.632. The summed E-state index contributed by atoms with van der Waals surface area (Å²) in [6, 6.07) is 11.5. The molecule has 164 valence electrons. The Kier molecular flexibility index (Phi) is 4.98. The molecule has 11 heteroatoms. The molecule has 10 nitrogen and oxygen atoms in total. The molecule has 0 bridgehead atoms. The van der Waals surface area contributed by atoms with Gasteiger partial charge in [0.1, 0.15) is 0 Å². The lowest BCUT2D eigenvalue weighted by Crippen LogP contribution is -2.50. The number of nitrogens with zero attached hydrogens (tertiary/aromatic N) is 4. The van der Waals surface area contributed by atoms with E-state index in [0.717, 1.165) is 0 Å². The first-order valence-electron chi connectivity index (χ1n) is 10.0. The predicted octanol–water partition coefficient (Wildman–Crippen LogP) is 1.38. The number of carbonyl (C=O) groups is 2. The second kappa shape index (κ2) is 7.84. The number of benzene rings is 2. The number of anilines is 1. The Balaban J connectivity index is 1.25. The molecule has 0 aliphatic carbocycles. The summed E-state index contributed by atoms with van der Waals surface area (Å²) in [4.78, 5) is 26.2. The number of amides is 2. The molecule has 3 heterocycles. The molecule has 2 amide bonds. The van der Waals surface area contributed by atoms with Crippen LogP contribution in [-0.2, 0) is 21.2 Å². The molecule has 0 radical (unpaired) electrons. The molecule has 32 heavy (non-hydrogen) atoms. The fourth-order valence-electron chi connectivity index (χ4n) is 3.88. The van der Waals surface area contributed by atoms with E-state index in [4.69, 9.17) is 4.42 Å². The fourth-order valence-corrected chi connectivity index (χ4v) is 5.36. The van der Waals surface area contributed by atoms with Crippen LogP contribution < -0.4 is 5.32 Å². The number of sulfonamides is 1. The maximum atomic E-state index is 13.1. The maximum Gasteiger partial charge on any atom is 0.253 e. The maximum absolute atomic E-state index is 13.1. The summed E-state index contributed by atoms with van der Waals surface area (Å²) in [5.74, 6) is 0.0579. The van der Waals surface area contributed by atoms with Crippen LogP contribution >= 0.6 is 0 Å². The lowest BCUT2D eigenvalue weighted by atomic mass is 10.1. The summed E-state index contributed by atoms with van der Waals surface area (Å²) >= 11 is 0. The minimum absolute atomic E-state index is 0.146. The van der Waals surface area contributed by atoms with Gasteiger partial charge in [0, 0.05) is 43.0 Å². The Morgan fingerprint density at radius 2 is 1.78 bits per heavy atom. The molecule has 0 atom stereocenters. The molecule has 0 spiro atoms. The van der Waals surface area contributed by atoms with E-state index in [0.29, 0.717) is 28.3 Å². The standard InChI is InChI=1S/C21H19N5O5S/c27-19-12-16-11-17(5-6-18(16)23-19)32(29,30)26-9-7-25(8-10-26)21(28)15-3-1-14(2-4-15)20-24-22-13-31-20/h1-6,11,13H,7-10,12H2,(H,23,27). The molecule has 5 rings (SSSR count). The molecule has 1 N–H and O–H groups in total. The molecule has 1 saturated heterocycles. The van der Waals surface area contributed by atoms with E-state index in [9.17, 15) is 18.0 Å². The van der Waals surface area contributed by atoms with Crippen molar-refractivity contribution in [1.29, 1.82) is 0 Å². The first kappa shape index (κ1) is 20.3. The summed E-state index contributed by atoms with van der Waals surface area (Å²) in [5.41, 5.74) is 2.53. The average molecular weight is 453 g/mol. The summed E-state index contributed by atoms with van der Waals surface area (Å²) in [5, 5.41) is 10.2. The zero-order chi connectivity index (χ0) is 22.3. The highest BCUT2D eigenvalue weighted by Gasteiger charge is 2.31. The van der Waals surface area contributed by atoms with Gasteiger partial charge in [-0.15, -0.1) is 10.2 Å². The molecule has 2 aliphatic rings. The monoisotopic (exact) mass is 453 g/mol. The Bertz CT molecular complexity index is 1280. The van der Waals surface area contributed by atoms with Gasteiger partial charge in [0.05, 0.1) is 11.3 Å². The van der Waals surface area contributed by atoms with Crippen LogP contribution in [0.1, 0.15) is 15.9 Å². The Labute approximate surface area is 183 Å². The van der Waals surface area contributed by atoms with E-state index in [-0.39, 0.29) is 49.3 Å². The minimum Gasteiger partial charge on any atom is -0.423 e. The van der Waals surface area contributed by atoms with E-state index >= 15 is 0 Å². The molecule has 3 aromatic rings. The van der Waals surface area contributed by atoms with Crippen molar-refractivity contribution in [3.63, 3.8) is 0 Å². The van der Waals surface area contributed by atoms with Crippen LogP contribution in [-0.4, -0.2) is 65.8 Å². The van der Waals surface area contributed by atoms with Gasteiger partial charge in [-0.2, -0.15) is 4.31 Å². The number of hydrogen-bond donors (Lipinski definition) is 1. The first-order valence-corrected chi connectivity index (χ1v) is 11.4. The van der Waals surface area contributed by atoms with Crippen molar-refractivity contribution in [2.45, 2.75) is 11.3 Å². The van der Waals surface area contributed by atoms with E-state index in [1.54, 1.807) is 41.3 Å². The van der Waals surface area contributed by atoms with Gasteiger partial charge in [-0.25, -0.2) is 8.42 Å². The number of carbonyl (C=O) groups excluding carboxylic acids is 2. The van der Waals surface area contributed by atoms with Gasteiger partial charge in [0.2, 0.25) is 28.2 Å². The third kappa shape index (κ3) is 3.65. The fraction of sp³-hybridized carbons (Fsp3) is 0.238. The smallest absolute Gasteiger partial charge is 0.253 e. The van der Waals surface area contributed by atoms with Crippen LogP contribution in [0.15, 0.2) is 58.2 Å². The topological polar surface area (TPSA) is 126 Å². The zero-order valence-electron chi connectivity index (χ0n) is 16.9. The predicted molar refractivity (Wildman–Crippen MR) is 113 cm³/mol. The van der Waals surface area contributed by atoms with Gasteiger partial charge in [-0.1, -0.05) is 0 Å². The highest BCUT2D eigenvalue weighted by molar-refractivity contribution is 7.89. The Morgan fingerprint density at radius 3 is 2.47 bits per heavy atom. The van der Waals surface area contributed by atoms with E-state index in [1.165, 1.54) is 16.8 Å². The van der Waals surface area contributed by atoms with Gasteiger partial charge in [0.25, 0.3) is 5.91 Å². The number of hydrogen-bond acceptors (Lipinski definition) is 7. The largest absolute Gasteiger partial charge is 0.423 e. The Hall–Kier alpha value is -3.57. The summed E-state index contributed by atoms with van der Waals surface area (Å²) < 4.78 is 32.6. The SMILES string of the molecule is O=C1Cc2cc(S(=O)(=O)N3CCN(C(=O)c4ccc(-c5nnco5)cc4)CC3)ccc2N1. The van der Waals surface area contributed by atoms with Crippen molar-refractivity contribution in [2.75, 3.05) is 31.5 Å². The molecule has 0 saturated carbocycles. The van der Waals surface area contributed by atoms with Crippen LogP contribution in [0.2, 0.25) is 0 Å². The van der Waals surface area contributed by atoms with Crippen LogP contribution in [0.25, 0.3) is 11.5 Å². The number of rotatable bonds is 4. The van der Waals surface area contributed by atoms with Crippen molar-refractivity contribution in [2.24, 2.45) is 0 Å². The van der Waals surface area contributed by atoms with Crippen molar-refractivity contribution in [1.82, 2.24) is 19.4 Å². The second-order valence-corrected chi connectivity index (χ2v) is 9.50. The lowest BCUT2D eigenvalue weighted by Gasteiger charge is -2.34. The van der Waals surface area contributed by atoms with E-state index in [1.807, 2.05) is 0 Å². The van der Waals surface area contributed by atoms with Crippen molar-refractivity contribution < 1.29 is 22.4 Å². The van der Waals surface area contributed by atoms with Gasteiger partial charge < -0.3 is 14.6 Å². The van der Waals surface area contributed by atoms with Crippen LogP contribution in [0, 0.1) is 0 Å². The van der Waals surface area contributed by atoms with E-state index < -0.39 is 10.0 Å². The van der Waals surface area contributed by atoms with E-state index in [2.05, 4.69) is 15.5 Å². The second-order valence-electron chi connectivity index (χ2n) is 7.56. The first-order chi connectivity index (χ1) is 15.4. The van der Waals surface area contributed by atoms with Crippen molar-refractivity contribution in [3.05, 3.63) is 60.0 Å². The molecule has 1 aromatic heterocycles. The van der Waals surface area contributed by atoms with Gasteiger partial charge in [-0.3, -0.25) is 9.59 Å². The van der Waals surface area contributed by atoms with Crippen molar-refractivity contribution in [3.8, 4) is 11.5 Å². The Morgan fingerprint density at radius 1 is 1.03 bits per heavy atom. The van der Waals surface area contributed by atoms with Crippen LogP contribution in [0.4, 0.5) is 5.69 Å². The number of piperazine rings is 1. The van der Waals surface area contributed by atoms with Crippen LogP contribution in [0.3, 0.4) is 0 Å². The summed E-state index contributed by atoms with van der Waals surface area (Å²) in [7, 11) is -3.71. The summed E-state index contributed by atoms with van der Waals surface area (Å²) in [6.45, 7) is 0.966. The third-order valence-corrected chi connectivity index (χ3v) is 7.50. The lowest BCUT2D eigenvalue weighted by molar-refractivity contribution is -0.115. The molecule has 1 fully saturated rings. The highest BCUT2D eigenvalue weighted by atomic mass is 32.2. The van der Waals surface area contributed by atoms with Gasteiger partial charge >= 0.3 is 0 Å². The molecular weight excluding hydrogens is 434 g/mol. The zero-order valence-corrected chi connectivity index (χ0v) is 17.7. The van der Waals surface area contributed by atoms with Crippen LogP contribution in [0.5, 0.6) is 0 Å². The van der Waals surface area contributed by atoms with Crippen molar-refractivity contribution >= 4 is 27.5 Å². The summed E-state index contributed by atoms with van der Waals surface area (Å²) in [6.07, 6.45) is 1.41. The third-order valence-electron chi connectivity index (χ3n) is 5.60. The number of nitrogens with one attached hydrogen (secondary N) is 1. The number of fused-ring (bicyclic) bond motifs is 1. The molecular formula is C21H19N5O5S. The number of aromatic nitrogens is 2. The molecule has 0 unspecified atom stereocenters.